The number of phenolic OH excluding ortho intramolecular Hbond substituents is 1. The van der Waals surface area contributed by atoms with Gasteiger partial charge in [0.1, 0.15) is 11.6 Å². The molecule has 2 atom stereocenters. The molecular weight excluding hydrogens is 412 g/mol. The van der Waals surface area contributed by atoms with E-state index < -0.39 is 0 Å². The molecule has 1 fully saturated rings. The number of aromatic nitrogens is 2. The average molecular weight is 447 g/mol. The molecule has 2 unspecified atom stereocenters. The number of hydrogen-bond acceptors (Lipinski definition) is 7. The maximum Gasteiger partial charge on any atom is 0.129 e. The molecule has 0 aliphatic carbocycles. The van der Waals surface area contributed by atoms with Gasteiger partial charge in [0.25, 0.3) is 0 Å². The summed E-state index contributed by atoms with van der Waals surface area (Å²) < 4.78 is 0. The minimum absolute atomic E-state index is 0.0972. The summed E-state index contributed by atoms with van der Waals surface area (Å²) in [5, 5.41) is 14.2. The molecule has 4 N–H and O–H groups in total. The molecule has 0 radical (unpaired) electrons. The van der Waals surface area contributed by atoms with Crippen molar-refractivity contribution in [2.24, 2.45) is 4.99 Å². The first-order valence-corrected chi connectivity index (χ1v) is 11.6. The Bertz CT molecular complexity index is 1190. The Hall–Kier alpha value is -3.19. The van der Waals surface area contributed by atoms with E-state index >= 15 is 0 Å². The average Bonchev–Trinajstić information content (AvgIpc) is 2.76. The van der Waals surface area contributed by atoms with Gasteiger partial charge in [-0.1, -0.05) is 0 Å². The number of benzene rings is 1. The predicted octanol–water partition coefficient (Wildman–Crippen LogP) is 4.38. The van der Waals surface area contributed by atoms with Crippen LogP contribution in [0.5, 0.6) is 5.75 Å². The van der Waals surface area contributed by atoms with Gasteiger partial charge in [-0.3, -0.25) is 4.99 Å². The van der Waals surface area contributed by atoms with Gasteiger partial charge in [-0.2, -0.15) is 0 Å². The summed E-state index contributed by atoms with van der Waals surface area (Å²) in [5.41, 5.74) is 10.3. The standard InChI is InChI=1S/C26H34N6O/c1-6-28-15-17-12-19(24(33)13-20(17)27)21-7-8-23-22(29-21)9-10-25(30-23)32(5)18-11-16(2)31-26(3,4)14-18/h7-10,12-13,15-16,18,31,33H,6,11,14,27H2,1-5H3. The van der Waals surface area contributed by atoms with Crippen molar-refractivity contribution in [2.45, 2.75) is 58.2 Å². The number of fused-ring (bicyclic) bond motifs is 1. The number of aromatic hydroxyl groups is 1. The van der Waals surface area contributed by atoms with Crippen LogP contribution in [0.4, 0.5) is 11.5 Å². The lowest BCUT2D eigenvalue weighted by Crippen LogP contribution is -2.56. The van der Waals surface area contributed by atoms with Crippen LogP contribution in [-0.2, 0) is 0 Å². The van der Waals surface area contributed by atoms with E-state index in [-0.39, 0.29) is 11.3 Å². The quantitative estimate of drug-likeness (QED) is 0.397. The van der Waals surface area contributed by atoms with Crippen molar-refractivity contribution in [3.8, 4) is 17.0 Å². The smallest absolute Gasteiger partial charge is 0.129 e. The number of piperidine rings is 1. The summed E-state index contributed by atoms with van der Waals surface area (Å²) in [6.45, 7) is 9.39. The number of nitrogens with two attached hydrogens (primary N) is 1. The largest absolute Gasteiger partial charge is 0.507 e. The normalized spacial score (nSPS) is 20.4. The number of nitrogens with zero attached hydrogens (tertiary/aromatic N) is 4. The molecule has 0 bridgehead atoms. The molecule has 1 aromatic carbocycles. The first-order chi connectivity index (χ1) is 15.7. The highest BCUT2D eigenvalue weighted by Crippen LogP contribution is 2.33. The number of phenols is 1. The second-order valence-electron chi connectivity index (χ2n) is 9.66. The zero-order chi connectivity index (χ0) is 23.8. The van der Waals surface area contributed by atoms with Crippen LogP contribution in [0.2, 0.25) is 0 Å². The van der Waals surface area contributed by atoms with E-state index in [1.165, 1.54) is 0 Å². The summed E-state index contributed by atoms with van der Waals surface area (Å²) in [4.78, 5) is 16.2. The zero-order valence-electron chi connectivity index (χ0n) is 20.1. The maximum atomic E-state index is 10.5. The summed E-state index contributed by atoms with van der Waals surface area (Å²) in [6, 6.07) is 12.1. The molecule has 0 spiro atoms. The van der Waals surface area contributed by atoms with Crippen molar-refractivity contribution in [3.63, 3.8) is 0 Å². The first-order valence-electron chi connectivity index (χ1n) is 11.6. The maximum absolute atomic E-state index is 10.5. The molecular formula is C26H34N6O. The summed E-state index contributed by atoms with van der Waals surface area (Å²) in [7, 11) is 2.13. The molecule has 3 aromatic rings. The van der Waals surface area contributed by atoms with Crippen LogP contribution in [0, 0.1) is 0 Å². The highest BCUT2D eigenvalue weighted by Gasteiger charge is 2.33. The van der Waals surface area contributed by atoms with Gasteiger partial charge in [-0.25, -0.2) is 9.97 Å². The van der Waals surface area contributed by atoms with Crippen LogP contribution in [0.3, 0.4) is 0 Å². The van der Waals surface area contributed by atoms with E-state index in [1.54, 1.807) is 12.3 Å². The highest BCUT2D eigenvalue weighted by atomic mass is 16.3. The molecule has 4 rings (SSSR count). The van der Waals surface area contributed by atoms with Gasteiger partial charge >= 0.3 is 0 Å². The van der Waals surface area contributed by atoms with Gasteiger partial charge < -0.3 is 21.1 Å². The molecule has 3 heterocycles. The molecule has 174 valence electrons. The molecule has 7 nitrogen and oxygen atoms in total. The molecule has 1 aliphatic rings. The van der Waals surface area contributed by atoms with Crippen molar-refractivity contribution in [1.82, 2.24) is 15.3 Å². The van der Waals surface area contributed by atoms with Gasteiger partial charge in [0.05, 0.1) is 16.7 Å². The lowest BCUT2D eigenvalue weighted by atomic mass is 9.85. The number of rotatable bonds is 5. The second-order valence-corrected chi connectivity index (χ2v) is 9.66. The number of hydrogen-bond donors (Lipinski definition) is 3. The van der Waals surface area contributed by atoms with E-state index in [4.69, 9.17) is 15.7 Å². The zero-order valence-corrected chi connectivity index (χ0v) is 20.1. The number of nitrogens with one attached hydrogen (secondary N) is 1. The van der Waals surface area contributed by atoms with Crippen molar-refractivity contribution in [2.75, 3.05) is 24.2 Å². The van der Waals surface area contributed by atoms with Crippen LogP contribution < -0.4 is 16.0 Å². The topological polar surface area (TPSA) is 99.7 Å². The van der Waals surface area contributed by atoms with Crippen molar-refractivity contribution < 1.29 is 5.11 Å². The SMILES string of the molecule is CCN=Cc1cc(-c2ccc3nc(N(C)C4CC(C)NC(C)(C)C4)ccc3n2)c(O)cc1N. The van der Waals surface area contributed by atoms with Gasteiger partial charge in [-0.05, 0) is 70.9 Å². The van der Waals surface area contributed by atoms with Crippen LogP contribution in [0.25, 0.3) is 22.3 Å². The molecule has 0 amide bonds. The van der Waals surface area contributed by atoms with Gasteiger partial charge in [0, 0.05) is 60.3 Å². The fourth-order valence-corrected chi connectivity index (χ4v) is 4.82. The third-order valence-electron chi connectivity index (χ3n) is 6.34. The highest BCUT2D eigenvalue weighted by molar-refractivity contribution is 5.91. The Labute approximate surface area is 195 Å². The van der Waals surface area contributed by atoms with Crippen molar-refractivity contribution in [1.29, 1.82) is 0 Å². The van der Waals surface area contributed by atoms with Crippen LogP contribution in [0.15, 0.2) is 41.4 Å². The minimum atomic E-state index is 0.0972. The van der Waals surface area contributed by atoms with E-state index in [0.29, 0.717) is 35.6 Å². The fraction of sp³-hybridized carbons (Fsp3) is 0.423. The van der Waals surface area contributed by atoms with E-state index in [0.717, 1.165) is 35.3 Å². The van der Waals surface area contributed by atoms with E-state index in [1.807, 2.05) is 37.3 Å². The third-order valence-corrected chi connectivity index (χ3v) is 6.34. The minimum Gasteiger partial charge on any atom is -0.507 e. The van der Waals surface area contributed by atoms with E-state index in [2.05, 4.69) is 43.0 Å². The molecule has 1 aliphatic heterocycles. The summed E-state index contributed by atoms with van der Waals surface area (Å²) in [5.74, 6) is 1.04. The Morgan fingerprint density at radius 2 is 1.94 bits per heavy atom. The van der Waals surface area contributed by atoms with Crippen LogP contribution in [-0.4, -0.2) is 52.5 Å². The fourth-order valence-electron chi connectivity index (χ4n) is 4.82. The van der Waals surface area contributed by atoms with Crippen LogP contribution >= 0.6 is 0 Å². The van der Waals surface area contributed by atoms with Gasteiger partial charge in [0.2, 0.25) is 0 Å². The molecule has 2 aromatic heterocycles. The molecule has 0 saturated carbocycles. The lowest BCUT2D eigenvalue weighted by molar-refractivity contribution is 0.226. The number of pyridine rings is 2. The number of aliphatic imine (C=N–C) groups is 1. The molecule has 7 heteroatoms. The summed E-state index contributed by atoms with van der Waals surface area (Å²) in [6.07, 6.45) is 3.87. The Balaban J connectivity index is 1.64. The van der Waals surface area contributed by atoms with Gasteiger partial charge in [-0.15, -0.1) is 0 Å². The van der Waals surface area contributed by atoms with Crippen molar-refractivity contribution >= 4 is 28.8 Å². The Morgan fingerprint density at radius 1 is 1.21 bits per heavy atom. The second kappa shape index (κ2) is 8.98. The number of nitrogen functional groups attached to an aromatic ring is 1. The monoisotopic (exact) mass is 446 g/mol. The van der Waals surface area contributed by atoms with E-state index in [9.17, 15) is 5.11 Å². The van der Waals surface area contributed by atoms with Crippen molar-refractivity contribution in [3.05, 3.63) is 42.0 Å². The first kappa shape index (κ1) is 23.0. The predicted molar refractivity (Wildman–Crippen MR) is 137 cm³/mol. The Kier molecular flexibility index (Phi) is 6.26. The lowest BCUT2D eigenvalue weighted by Gasteiger charge is -2.44. The molecule has 1 saturated heterocycles. The molecule has 33 heavy (non-hydrogen) atoms. The number of anilines is 2. The van der Waals surface area contributed by atoms with Gasteiger partial charge in [0.15, 0.2) is 0 Å². The Morgan fingerprint density at radius 3 is 2.67 bits per heavy atom. The third kappa shape index (κ3) is 4.93. The summed E-state index contributed by atoms with van der Waals surface area (Å²) >= 11 is 0. The van der Waals surface area contributed by atoms with Crippen LogP contribution in [0.1, 0.15) is 46.1 Å².